The number of rotatable bonds is 6. The van der Waals surface area contributed by atoms with Crippen molar-refractivity contribution in [1.82, 2.24) is 14.8 Å². The van der Waals surface area contributed by atoms with Crippen molar-refractivity contribution in [3.63, 3.8) is 0 Å². The van der Waals surface area contributed by atoms with Crippen molar-refractivity contribution in [2.24, 2.45) is 0 Å². The number of nitrogens with zero attached hydrogens (tertiary/aromatic N) is 3. The Bertz CT molecular complexity index is 530. The van der Waals surface area contributed by atoms with Crippen LogP contribution >= 0.6 is 11.6 Å². The lowest BCUT2D eigenvalue weighted by Crippen LogP contribution is -2.32. The second-order valence-corrected chi connectivity index (χ2v) is 5.79. The molecule has 0 fully saturated rings. The van der Waals surface area contributed by atoms with Crippen molar-refractivity contribution in [2.75, 3.05) is 5.88 Å². The van der Waals surface area contributed by atoms with E-state index in [9.17, 15) is 0 Å². The van der Waals surface area contributed by atoms with Crippen LogP contribution in [0, 0.1) is 0 Å². The summed E-state index contributed by atoms with van der Waals surface area (Å²) < 4.78 is 1.99. The topological polar surface area (TPSA) is 30.7 Å². The predicted molar refractivity (Wildman–Crippen MR) is 83.2 cm³/mol. The molecule has 0 spiro atoms. The summed E-state index contributed by atoms with van der Waals surface area (Å²) in [5.41, 5.74) is 1.19. The average Bonchev–Trinajstić information content (AvgIpc) is 2.94. The van der Waals surface area contributed by atoms with E-state index in [0.717, 1.165) is 18.7 Å². The maximum absolute atomic E-state index is 6.35. The third kappa shape index (κ3) is 2.88. The highest BCUT2D eigenvalue weighted by atomic mass is 35.5. The fourth-order valence-corrected chi connectivity index (χ4v) is 3.01. The molecule has 0 radical (unpaired) electrons. The molecule has 3 nitrogen and oxygen atoms in total. The van der Waals surface area contributed by atoms with E-state index in [4.69, 9.17) is 11.6 Å². The first-order valence-corrected chi connectivity index (χ1v) is 7.66. The SMILES string of the molecule is CCC(CCl)(Cc1ncnn1C(C)C)c1ccccc1. The molecule has 0 aliphatic heterocycles. The van der Waals surface area contributed by atoms with Gasteiger partial charge < -0.3 is 0 Å². The molecule has 0 N–H and O–H groups in total. The van der Waals surface area contributed by atoms with E-state index >= 15 is 0 Å². The van der Waals surface area contributed by atoms with Crippen LogP contribution < -0.4 is 0 Å². The van der Waals surface area contributed by atoms with E-state index < -0.39 is 0 Å². The van der Waals surface area contributed by atoms with Gasteiger partial charge in [0.25, 0.3) is 0 Å². The summed E-state index contributed by atoms with van der Waals surface area (Å²) in [6, 6.07) is 10.8. The van der Waals surface area contributed by atoms with Gasteiger partial charge in [0.05, 0.1) is 0 Å². The van der Waals surface area contributed by atoms with Gasteiger partial charge in [-0.25, -0.2) is 9.67 Å². The van der Waals surface area contributed by atoms with Crippen molar-refractivity contribution < 1.29 is 0 Å². The molecule has 0 aliphatic carbocycles. The summed E-state index contributed by atoms with van der Waals surface area (Å²) in [6.45, 7) is 6.43. The Morgan fingerprint density at radius 3 is 2.50 bits per heavy atom. The van der Waals surface area contributed by atoms with E-state index in [0.29, 0.717) is 11.9 Å². The number of halogens is 1. The lowest BCUT2D eigenvalue weighted by Gasteiger charge is -2.31. The van der Waals surface area contributed by atoms with Crippen LogP contribution in [0.25, 0.3) is 0 Å². The van der Waals surface area contributed by atoms with Gasteiger partial charge in [0.15, 0.2) is 0 Å². The van der Waals surface area contributed by atoms with E-state index in [1.165, 1.54) is 5.56 Å². The monoisotopic (exact) mass is 291 g/mol. The first kappa shape index (κ1) is 15.0. The first-order chi connectivity index (χ1) is 9.63. The van der Waals surface area contributed by atoms with Gasteiger partial charge in [-0.15, -0.1) is 11.6 Å². The number of hydrogen-bond donors (Lipinski definition) is 0. The van der Waals surface area contributed by atoms with Crippen molar-refractivity contribution in [3.05, 3.63) is 48.0 Å². The molecule has 0 saturated heterocycles. The molecule has 0 saturated carbocycles. The molecule has 4 heteroatoms. The largest absolute Gasteiger partial charge is 0.248 e. The van der Waals surface area contributed by atoms with Crippen LogP contribution in [0.2, 0.25) is 0 Å². The molecule has 1 aromatic carbocycles. The number of benzene rings is 1. The van der Waals surface area contributed by atoms with Crippen LogP contribution in [0.1, 0.15) is 44.6 Å². The van der Waals surface area contributed by atoms with E-state index in [1.54, 1.807) is 6.33 Å². The minimum Gasteiger partial charge on any atom is -0.248 e. The molecule has 108 valence electrons. The van der Waals surface area contributed by atoms with Crippen molar-refractivity contribution in [1.29, 1.82) is 0 Å². The molecule has 1 unspecified atom stereocenters. The van der Waals surface area contributed by atoms with Crippen molar-refractivity contribution in [3.8, 4) is 0 Å². The Hall–Kier alpha value is -1.35. The van der Waals surface area contributed by atoms with E-state index in [1.807, 2.05) is 10.7 Å². The minimum absolute atomic E-state index is 0.0809. The average molecular weight is 292 g/mol. The molecule has 1 heterocycles. The summed E-state index contributed by atoms with van der Waals surface area (Å²) in [5.74, 6) is 1.59. The highest BCUT2D eigenvalue weighted by Gasteiger charge is 2.31. The quantitative estimate of drug-likeness (QED) is 0.754. The van der Waals surface area contributed by atoms with Crippen LogP contribution in [0.3, 0.4) is 0 Å². The highest BCUT2D eigenvalue weighted by molar-refractivity contribution is 6.18. The van der Waals surface area contributed by atoms with Gasteiger partial charge in [0.1, 0.15) is 12.2 Å². The fraction of sp³-hybridized carbons (Fsp3) is 0.500. The molecule has 2 rings (SSSR count). The summed E-state index contributed by atoms with van der Waals surface area (Å²) >= 11 is 6.35. The molecule has 1 atom stereocenters. The standard InChI is InChI=1S/C16H22ClN3/c1-4-16(11-17,14-8-6-5-7-9-14)10-15-18-12-19-20(15)13(2)3/h5-9,12-13H,4,10-11H2,1-3H3. The molecule has 0 aliphatic rings. The number of alkyl halides is 1. The number of aromatic nitrogens is 3. The van der Waals surface area contributed by atoms with Gasteiger partial charge in [-0.05, 0) is 25.8 Å². The zero-order valence-corrected chi connectivity index (χ0v) is 13.1. The van der Waals surface area contributed by atoms with Gasteiger partial charge >= 0.3 is 0 Å². The summed E-state index contributed by atoms with van der Waals surface area (Å²) in [4.78, 5) is 4.44. The normalized spacial score (nSPS) is 14.4. The second-order valence-electron chi connectivity index (χ2n) is 5.52. The summed E-state index contributed by atoms with van der Waals surface area (Å²) in [7, 11) is 0. The zero-order valence-electron chi connectivity index (χ0n) is 12.4. The van der Waals surface area contributed by atoms with Crippen molar-refractivity contribution in [2.45, 2.75) is 45.1 Å². The summed E-state index contributed by atoms with van der Waals surface area (Å²) in [6.07, 6.45) is 3.43. The lowest BCUT2D eigenvalue weighted by atomic mass is 9.77. The Morgan fingerprint density at radius 1 is 1.25 bits per heavy atom. The maximum atomic E-state index is 6.35. The smallest absolute Gasteiger partial charge is 0.138 e. The van der Waals surface area contributed by atoms with Gasteiger partial charge in [-0.1, -0.05) is 37.3 Å². The molecular weight excluding hydrogens is 270 g/mol. The molecule has 2 aromatic rings. The third-order valence-corrected chi connectivity index (χ3v) is 4.46. The zero-order chi connectivity index (χ0) is 14.6. The second kappa shape index (κ2) is 6.40. The molecule has 0 bridgehead atoms. The Labute approximate surface area is 126 Å². The maximum Gasteiger partial charge on any atom is 0.138 e. The summed E-state index contributed by atoms with van der Waals surface area (Å²) in [5, 5.41) is 4.32. The predicted octanol–water partition coefficient (Wildman–Crippen LogP) is 3.99. The van der Waals surface area contributed by atoms with Crippen molar-refractivity contribution >= 4 is 11.6 Å². The molecule has 20 heavy (non-hydrogen) atoms. The molecule has 0 amide bonds. The van der Waals surface area contributed by atoms with Crippen LogP contribution in [-0.4, -0.2) is 20.6 Å². The van der Waals surface area contributed by atoms with Gasteiger partial charge in [0, 0.05) is 23.8 Å². The van der Waals surface area contributed by atoms with Gasteiger partial charge in [0.2, 0.25) is 0 Å². The number of hydrogen-bond acceptors (Lipinski definition) is 2. The van der Waals surface area contributed by atoms with Crippen LogP contribution in [-0.2, 0) is 11.8 Å². The van der Waals surface area contributed by atoms with Crippen LogP contribution in [0.15, 0.2) is 36.7 Å². The van der Waals surface area contributed by atoms with Gasteiger partial charge in [-0.3, -0.25) is 0 Å². The highest BCUT2D eigenvalue weighted by Crippen LogP contribution is 2.33. The third-order valence-electron chi connectivity index (χ3n) is 3.95. The van der Waals surface area contributed by atoms with Crippen LogP contribution in [0.4, 0.5) is 0 Å². The first-order valence-electron chi connectivity index (χ1n) is 7.13. The van der Waals surface area contributed by atoms with E-state index in [2.05, 4.69) is 55.1 Å². The minimum atomic E-state index is -0.0809. The Kier molecular flexibility index (Phi) is 4.81. The Morgan fingerprint density at radius 2 is 1.95 bits per heavy atom. The van der Waals surface area contributed by atoms with Gasteiger partial charge in [-0.2, -0.15) is 5.10 Å². The molecule has 1 aromatic heterocycles. The lowest BCUT2D eigenvalue weighted by molar-refractivity contribution is 0.415. The van der Waals surface area contributed by atoms with Crippen LogP contribution in [0.5, 0.6) is 0 Å². The fourth-order valence-electron chi connectivity index (χ4n) is 2.58. The molecular formula is C16H22ClN3. The van der Waals surface area contributed by atoms with E-state index in [-0.39, 0.29) is 5.41 Å². The Balaban J connectivity index is 2.37.